The fraction of sp³-hybridized carbons (Fsp3) is 0.167. The van der Waals surface area contributed by atoms with Gasteiger partial charge < -0.3 is 4.42 Å². The van der Waals surface area contributed by atoms with Crippen molar-refractivity contribution in [3.63, 3.8) is 0 Å². The monoisotopic (exact) mass is 270 g/mol. The quantitative estimate of drug-likeness (QED) is 0.662. The third kappa shape index (κ3) is 2.82. The van der Waals surface area contributed by atoms with Crippen molar-refractivity contribution in [1.82, 2.24) is 5.43 Å². The number of halogens is 2. The average Bonchev–Trinajstić information content (AvgIpc) is 2.83. The van der Waals surface area contributed by atoms with E-state index < -0.39 is 0 Å². The first-order chi connectivity index (χ1) is 8.22. The van der Waals surface area contributed by atoms with Gasteiger partial charge in [0.2, 0.25) is 0 Å². The van der Waals surface area contributed by atoms with Gasteiger partial charge in [-0.05, 0) is 29.7 Å². The zero-order valence-corrected chi connectivity index (χ0v) is 10.5. The van der Waals surface area contributed by atoms with Gasteiger partial charge in [0.25, 0.3) is 0 Å². The maximum Gasteiger partial charge on any atom is 0.0935 e. The average molecular weight is 271 g/mol. The molecule has 0 saturated heterocycles. The van der Waals surface area contributed by atoms with Crippen molar-refractivity contribution in [1.29, 1.82) is 0 Å². The highest BCUT2D eigenvalue weighted by atomic mass is 35.5. The van der Waals surface area contributed by atoms with Crippen LogP contribution in [0.25, 0.3) is 0 Å². The van der Waals surface area contributed by atoms with E-state index in [2.05, 4.69) is 5.43 Å². The van der Waals surface area contributed by atoms with Crippen LogP contribution in [0.5, 0.6) is 0 Å². The minimum absolute atomic E-state index is 0.0983. The molecule has 1 aromatic heterocycles. The second kappa shape index (κ2) is 5.56. The Labute approximate surface area is 109 Å². The minimum Gasteiger partial charge on any atom is -0.472 e. The van der Waals surface area contributed by atoms with Gasteiger partial charge in [0, 0.05) is 0 Å². The Kier molecular flexibility index (Phi) is 4.07. The molecule has 1 aromatic carbocycles. The Hall–Kier alpha value is -1.000. The highest BCUT2D eigenvalue weighted by Gasteiger charge is 2.15. The van der Waals surface area contributed by atoms with Crippen molar-refractivity contribution in [2.75, 3.05) is 0 Å². The molecule has 90 valence electrons. The number of rotatable bonds is 4. The van der Waals surface area contributed by atoms with Gasteiger partial charge in [0.05, 0.1) is 28.6 Å². The lowest BCUT2D eigenvalue weighted by Crippen LogP contribution is -2.29. The molecule has 0 saturated carbocycles. The van der Waals surface area contributed by atoms with Gasteiger partial charge in [-0.1, -0.05) is 35.3 Å². The summed E-state index contributed by atoms with van der Waals surface area (Å²) in [5.74, 6) is 5.56. The Balaban J connectivity index is 2.26. The smallest absolute Gasteiger partial charge is 0.0935 e. The fourth-order valence-corrected chi connectivity index (χ4v) is 2.13. The second-order valence-corrected chi connectivity index (χ2v) is 4.48. The molecule has 17 heavy (non-hydrogen) atoms. The van der Waals surface area contributed by atoms with Crippen LogP contribution in [-0.2, 0) is 6.42 Å². The van der Waals surface area contributed by atoms with Gasteiger partial charge in [-0.2, -0.15) is 0 Å². The van der Waals surface area contributed by atoms with Crippen LogP contribution in [-0.4, -0.2) is 0 Å². The van der Waals surface area contributed by atoms with E-state index in [9.17, 15) is 0 Å². The minimum atomic E-state index is -0.0983. The molecule has 3 nitrogen and oxygen atoms in total. The molecular weight excluding hydrogens is 259 g/mol. The molecule has 0 fully saturated rings. The largest absolute Gasteiger partial charge is 0.472 e. The number of nitrogens with one attached hydrogen (secondary N) is 1. The fourth-order valence-electron chi connectivity index (χ4n) is 1.69. The molecule has 0 spiro atoms. The maximum absolute atomic E-state index is 6.16. The number of nitrogens with two attached hydrogens (primary N) is 1. The van der Waals surface area contributed by atoms with E-state index in [4.69, 9.17) is 33.5 Å². The van der Waals surface area contributed by atoms with Gasteiger partial charge in [-0.25, -0.2) is 0 Å². The van der Waals surface area contributed by atoms with Gasteiger partial charge in [-0.15, -0.1) is 0 Å². The number of benzene rings is 1. The first-order valence-corrected chi connectivity index (χ1v) is 5.89. The number of hydrazine groups is 1. The van der Waals surface area contributed by atoms with E-state index in [0.717, 1.165) is 11.1 Å². The summed E-state index contributed by atoms with van der Waals surface area (Å²) in [6.45, 7) is 0. The topological polar surface area (TPSA) is 51.2 Å². The van der Waals surface area contributed by atoms with E-state index in [1.807, 2.05) is 18.2 Å². The molecular formula is C12H12Cl2N2O. The van der Waals surface area contributed by atoms with Crippen LogP contribution in [0.2, 0.25) is 10.0 Å². The summed E-state index contributed by atoms with van der Waals surface area (Å²) >= 11 is 12.1. The molecule has 0 amide bonds. The first-order valence-electron chi connectivity index (χ1n) is 5.13. The van der Waals surface area contributed by atoms with Crippen LogP contribution in [0.4, 0.5) is 0 Å². The zero-order chi connectivity index (χ0) is 12.3. The van der Waals surface area contributed by atoms with E-state index >= 15 is 0 Å². The molecule has 1 atom stereocenters. The lowest BCUT2D eigenvalue weighted by molar-refractivity contribution is 0.536. The summed E-state index contributed by atoms with van der Waals surface area (Å²) in [5, 5.41) is 1.05. The lowest BCUT2D eigenvalue weighted by Gasteiger charge is -2.17. The van der Waals surface area contributed by atoms with Crippen LogP contribution in [0.3, 0.4) is 0 Å². The van der Waals surface area contributed by atoms with Crippen molar-refractivity contribution >= 4 is 23.2 Å². The molecule has 0 aliphatic heterocycles. The zero-order valence-electron chi connectivity index (χ0n) is 8.99. The Morgan fingerprint density at radius 3 is 2.76 bits per heavy atom. The molecule has 0 aliphatic carbocycles. The van der Waals surface area contributed by atoms with Gasteiger partial charge in [-0.3, -0.25) is 11.3 Å². The molecule has 0 bridgehead atoms. The summed E-state index contributed by atoms with van der Waals surface area (Å²) in [4.78, 5) is 0. The second-order valence-electron chi connectivity index (χ2n) is 3.70. The van der Waals surface area contributed by atoms with Crippen molar-refractivity contribution in [2.45, 2.75) is 12.5 Å². The lowest BCUT2D eigenvalue weighted by atomic mass is 10.0. The van der Waals surface area contributed by atoms with Crippen molar-refractivity contribution in [3.8, 4) is 0 Å². The Bertz CT molecular complexity index is 485. The first kappa shape index (κ1) is 12.5. The highest BCUT2D eigenvalue weighted by molar-refractivity contribution is 6.42. The van der Waals surface area contributed by atoms with Crippen LogP contribution in [0.15, 0.2) is 41.2 Å². The summed E-state index contributed by atoms with van der Waals surface area (Å²) in [6.07, 6.45) is 4.00. The molecule has 0 aliphatic rings. The van der Waals surface area contributed by atoms with E-state index in [-0.39, 0.29) is 6.04 Å². The maximum atomic E-state index is 6.16. The molecule has 0 radical (unpaired) electrons. The van der Waals surface area contributed by atoms with Crippen molar-refractivity contribution in [3.05, 3.63) is 58.0 Å². The third-order valence-corrected chi connectivity index (χ3v) is 3.41. The normalized spacial score (nSPS) is 12.6. The number of furan rings is 1. The van der Waals surface area contributed by atoms with Gasteiger partial charge >= 0.3 is 0 Å². The summed E-state index contributed by atoms with van der Waals surface area (Å²) in [5.41, 5.74) is 4.66. The molecule has 1 heterocycles. The summed E-state index contributed by atoms with van der Waals surface area (Å²) in [6, 6.07) is 7.29. The Morgan fingerprint density at radius 1 is 1.29 bits per heavy atom. The van der Waals surface area contributed by atoms with Crippen molar-refractivity contribution in [2.24, 2.45) is 5.84 Å². The van der Waals surface area contributed by atoms with E-state index in [1.165, 1.54) is 0 Å². The third-order valence-electron chi connectivity index (χ3n) is 2.58. The molecule has 3 N–H and O–H groups in total. The van der Waals surface area contributed by atoms with Crippen LogP contribution in [0, 0.1) is 0 Å². The standard InChI is InChI=1S/C12H12Cl2N2O/c13-10-3-1-2-9(12(10)14)11(16-15)6-8-4-5-17-7-8/h1-5,7,11,16H,6,15H2. The van der Waals surface area contributed by atoms with Gasteiger partial charge in [0.1, 0.15) is 0 Å². The molecule has 2 rings (SSSR count). The highest BCUT2D eigenvalue weighted by Crippen LogP contribution is 2.31. The molecule has 1 unspecified atom stereocenters. The molecule has 2 aromatic rings. The predicted molar refractivity (Wildman–Crippen MR) is 68.9 cm³/mol. The van der Waals surface area contributed by atoms with Gasteiger partial charge in [0.15, 0.2) is 0 Å². The summed E-state index contributed by atoms with van der Waals surface area (Å²) in [7, 11) is 0. The van der Waals surface area contributed by atoms with Crippen LogP contribution >= 0.6 is 23.2 Å². The van der Waals surface area contributed by atoms with Crippen LogP contribution < -0.4 is 11.3 Å². The SMILES string of the molecule is NNC(Cc1ccoc1)c1cccc(Cl)c1Cl. The van der Waals surface area contributed by atoms with E-state index in [1.54, 1.807) is 18.6 Å². The van der Waals surface area contributed by atoms with Crippen molar-refractivity contribution < 1.29 is 4.42 Å². The Morgan fingerprint density at radius 2 is 2.12 bits per heavy atom. The summed E-state index contributed by atoms with van der Waals surface area (Å²) < 4.78 is 5.02. The van der Waals surface area contributed by atoms with E-state index in [0.29, 0.717) is 16.5 Å². The number of hydrogen-bond donors (Lipinski definition) is 2. The molecule has 5 heteroatoms. The van der Waals surface area contributed by atoms with Crippen LogP contribution in [0.1, 0.15) is 17.2 Å². The predicted octanol–water partition coefficient (Wildman–Crippen LogP) is 3.33. The number of hydrogen-bond acceptors (Lipinski definition) is 3.